The van der Waals surface area contributed by atoms with E-state index in [1.807, 2.05) is 0 Å². The van der Waals surface area contributed by atoms with E-state index in [0.717, 1.165) is 11.3 Å². The predicted octanol–water partition coefficient (Wildman–Crippen LogP) is 2.84. The number of nitrogens with zero attached hydrogens (tertiary/aromatic N) is 1. The second kappa shape index (κ2) is 5.81. The van der Waals surface area contributed by atoms with Crippen LogP contribution in [0.15, 0.2) is 30.5 Å². The summed E-state index contributed by atoms with van der Waals surface area (Å²) in [6.45, 7) is 0. The van der Waals surface area contributed by atoms with Gasteiger partial charge < -0.3 is 10.1 Å². The molecule has 1 amide bonds. The van der Waals surface area contributed by atoms with Crippen LogP contribution < -0.4 is 5.32 Å². The molecule has 0 fully saturated rings. The lowest BCUT2D eigenvalue weighted by Gasteiger charge is -2.01. The van der Waals surface area contributed by atoms with Gasteiger partial charge in [-0.3, -0.25) is 9.78 Å². The molecule has 2 rings (SSSR count). The minimum atomic E-state index is -0.439. The number of esters is 1. The first-order chi connectivity index (χ1) is 9.10. The number of amides is 1. The van der Waals surface area contributed by atoms with E-state index in [9.17, 15) is 9.59 Å². The van der Waals surface area contributed by atoms with E-state index in [2.05, 4.69) is 15.0 Å². The number of nitrogens with one attached hydrogen (secondary N) is 1. The number of carbonyl (C=O) groups excluding carboxylic acids is 2. The van der Waals surface area contributed by atoms with E-state index in [4.69, 9.17) is 11.6 Å². The van der Waals surface area contributed by atoms with Crippen molar-refractivity contribution in [2.24, 2.45) is 0 Å². The van der Waals surface area contributed by atoms with Crippen LogP contribution in [0.25, 0.3) is 0 Å². The molecule has 2 aromatic heterocycles. The Kier molecular flexibility index (Phi) is 4.13. The molecule has 0 bridgehead atoms. The Hall–Kier alpha value is -1.92. The maximum Gasteiger partial charge on any atom is 0.348 e. The van der Waals surface area contributed by atoms with Gasteiger partial charge >= 0.3 is 5.97 Å². The zero-order valence-corrected chi connectivity index (χ0v) is 11.4. The molecule has 0 spiro atoms. The molecule has 0 unspecified atom stereocenters. The van der Waals surface area contributed by atoms with Crippen molar-refractivity contribution in [3.8, 4) is 0 Å². The highest BCUT2D eigenvalue weighted by Crippen LogP contribution is 2.23. The summed E-state index contributed by atoms with van der Waals surface area (Å²) in [6.07, 6.45) is 1.45. The Morgan fingerprint density at radius 2 is 2.16 bits per heavy atom. The first-order valence-electron chi connectivity index (χ1n) is 5.21. The maximum atomic E-state index is 11.9. The standard InChI is InChI=1S/C12H9ClN2O3S/c1-18-12(17)9-2-3-10(19-9)15-11(16)8-6-7(13)4-5-14-8/h2-6H,1H3,(H,15,16). The van der Waals surface area contributed by atoms with E-state index in [1.54, 1.807) is 18.2 Å². The van der Waals surface area contributed by atoms with Gasteiger partial charge in [0.05, 0.1) is 12.1 Å². The van der Waals surface area contributed by atoms with Gasteiger partial charge in [0.15, 0.2) is 0 Å². The van der Waals surface area contributed by atoms with Gasteiger partial charge in [0.25, 0.3) is 5.91 Å². The van der Waals surface area contributed by atoms with E-state index >= 15 is 0 Å². The Labute approximate surface area is 118 Å². The third-order valence-corrected chi connectivity index (χ3v) is 3.40. The number of hydrogen-bond donors (Lipinski definition) is 1. The van der Waals surface area contributed by atoms with Gasteiger partial charge in [0.2, 0.25) is 0 Å². The van der Waals surface area contributed by atoms with E-state index < -0.39 is 5.97 Å². The van der Waals surface area contributed by atoms with E-state index in [0.29, 0.717) is 14.9 Å². The number of methoxy groups -OCH3 is 1. The largest absolute Gasteiger partial charge is 0.465 e. The van der Waals surface area contributed by atoms with Crippen molar-refractivity contribution in [1.82, 2.24) is 4.98 Å². The molecule has 1 N–H and O–H groups in total. The van der Waals surface area contributed by atoms with E-state index in [1.165, 1.54) is 19.4 Å². The van der Waals surface area contributed by atoms with Crippen LogP contribution >= 0.6 is 22.9 Å². The van der Waals surface area contributed by atoms with Crippen LogP contribution in [0.1, 0.15) is 20.2 Å². The summed E-state index contributed by atoms with van der Waals surface area (Å²) in [6, 6.07) is 6.25. The highest BCUT2D eigenvalue weighted by atomic mass is 35.5. The maximum absolute atomic E-state index is 11.9. The third-order valence-electron chi connectivity index (χ3n) is 2.18. The third kappa shape index (κ3) is 3.30. The molecule has 7 heteroatoms. The molecule has 0 aromatic carbocycles. The van der Waals surface area contributed by atoms with Crippen LogP contribution in [0.5, 0.6) is 0 Å². The summed E-state index contributed by atoms with van der Waals surface area (Å²) >= 11 is 6.90. The zero-order valence-electron chi connectivity index (χ0n) is 9.84. The number of carbonyl (C=O) groups is 2. The van der Waals surface area contributed by atoms with Crippen LogP contribution in [-0.4, -0.2) is 24.0 Å². The first kappa shape index (κ1) is 13.5. The van der Waals surface area contributed by atoms with Gasteiger partial charge in [-0.25, -0.2) is 4.79 Å². The molecular weight excluding hydrogens is 288 g/mol. The van der Waals surface area contributed by atoms with Crippen molar-refractivity contribution in [3.05, 3.63) is 46.1 Å². The van der Waals surface area contributed by atoms with Gasteiger partial charge in [0, 0.05) is 11.2 Å². The molecule has 5 nitrogen and oxygen atoms in total. The number of pyridine rings is 1. The molecule has 0 aliphatic heterocycles. The van der Waals surface area contributed by atoms with Crippen LogP contribution in [0.2, 0.25) is 5.02 Å². The fraction of sp³-hybridized carbons (Fsp3) is 0.0833. The van der Waals surface area contributed by atoms with Crippen LogP contribution in [0, 0.1) is 0 Å². The van der Waals surface area contributed by atoms with Crippen molar-refractivity contribution >= 4 is 39.8 Å². The smallest absolute Gasteiger partial charge is 0.348 e. The normalized spacial score (nSPS) is 10.0. The molecule has 2 heterocycles. The lowest BCUT2D eigenvalue weighted by molar-refractivity contribution is 0.0606. The van der Waals surface area contributed by atoms with Gasteiger partial charge in [-0.2, -0.15) is 0 Å². The fourth-order valence-electron chi connectivity index (χ4n) is 1.32. The lowest BCUT2D eigenvalue weighted by atomic mass is 10.3. The number of thiophene rings is 1. The van der Waals surface area contributed by atoms with Crippen LogP contribution in [0.4, 0.5) is 5.00 Å². The molecule has 0 atom stereocenters. The predicted molar refractivity (Wildman–Crippen MR) is 72.9 cm³/mol. The minimum absolute atomic E-state index is 0.209. The van der Waals surface area contributed by atoms with E-state index in [-0.39, 0.29) is 11.6 Å². The van der Waals surface area contributed by atoms with Crippen molar-refractivity contribution in [1.29, 1.82) is 0 Å². The Balaban J connectivity index is 2.11. The van der Waals surface area contributed by atoms with Gasteiger partial charge in [-0.1, -0.05) is 11.6 Å². The van der Waals surface area contributed by atoms with Gasteiger partial charge in [-0.15, -0.1) is 11.3 Å². The summed E-state index contributed by atoms with van der Waals surface area (Å²) in [4.78, 5) is 27.5. The van der Waals surface area contributed by atoms with Crippen molar-refractivity contribution in [2.45, 2.75) is 0 Å². The highest BCUT2D eigenvalue weighted by molar-refractivity contribution is 7.18. The zero-order chi connectivity index (χ0) is 13.8. The topological polar surface area (TPSA) is 68.3 Å². The quantitative estimate of drug-likeness (QED) is 0.884. The molecule has 0 aliphatic rings. The van der Waals surface area contributed by atoms with Gasteiger partial charge in [0.1, 0.15) is 10.6 Å². The second-order valence-corrected chi connectivity index (χ2v) is 4.99. The second-order valence-electron chi connectivity index (χ2n) is 3.47. The number of aromatic nitrogens is 1. The fourth-order valence-corrected chi connectivity index (χ4v) is 2.30. The lowest BCUT2D eigenvalue weighted by Crippen LogP contribution is -2.12. The molecule has 0 radical (unpaired) electrons. The summed E-state index contributed by atoms with van der Waals surface area (Å²) < 4.78 is 4.58. The van der Waals surface area contributed by atoms with Crippen molar-refractivity contribution in [3.63, 3.8) is 0 Å². The first-order valence-corrected chi connectivity index (χ1v) is 6.40. The summed E-state index contributed by atoms with van der Waals surface area (Å²) in [5, 5.41) is 3.60. The monoisotopic (exact) mass is 296 g/mol. The molecule has 0 aliphatic carbocycles. The number of halogens is 1. The molecule has 0 saturated carbocycles. The van der Waals surface area contributed by atoms with Crippen molar-refractivity contribution < 1.29 is 14.3 Å². The summed E-state index contributed by atoms with van der Waals surface area (Å²) in [5.41, 5.74) is 0.209. The Morgan fingerprint density at radius 1 is 1.37 bits per heavy atom. The highest BCUT2D eigenvalue weighted by Gasteiger charge is 2.12. The average molecular weight is 297 g/mol. The molecule has 2 aromatic rings. The summed E-state index contributed by atoms with van der Waals surface area (Å²) in [7, 11) is 1.30. The average Bonchev–Trinajstić information content (AvgIpc) is 2.86. The minimum Gasteiger partial charge on any atom is -0.465 e. The number of hydrogen-bond acceptors (Lipinski definition) is 5. The van der Waals surface area contributed by atoms with Crippen LogP contribution in [-0.2, 0) is 4.74 Å². The number of ether oxygens (including phenoxy) is 1. The number of rotatable bonds is 3. The summed E-state index contributed by atoms with van der Waals surface area (Å²) in [5.74, 6) is -0.827. The molecule has 98 valence electrons. The molecule has 19 heavy (non-hydrogen) atoms. The van der Waals surface area contributed by atoms with Crippen molar-refractivity contribution in [2.75, 3.05) is 12.4 Å². The van der Waals surface area contributed by atoms with Gasteiger partial charge in [-0.05, 0) is 24.3 Å². The Morgan fingerprint density at radius 3 is 2.84 bits per heavy atom. The molecular formula is C12H9ClN2O3S. The SMILES string of the molecule is COC(=O)c1ccc(NC(=O)c2cc(Cl)ccn2)s1. The Bertz CT molecular complexity index is 627. The number of anilines is 1. The molecule has 0 saturated heterocycles. The van der Waals surface area contributed by atoms with Crippen LogP contribution in [0.3, 0.4) is 0 Å².